The van der Waals surface area contributed by atoms with Crippen molar-refractivity contribution in [1.29, 1.82) is 0 Å². The summed E-state index contributed by atoms with van der Waals surface area (Å²) in [6.07, 6.45) is 3.15. The number of amides is 1. The molecule has 12 nitrogen and oxygen atoms in total. The molecule has 3 heterocycles. The highest BCUT2D eigenvalue weighted by molar-refractivity contribution is 7.92. The molecule has 0 radical (unpaired) electrons. The third kappa shape index (κ3) is 6.37. The fraction of sp³-hybridized carbons (Fsp3) is 0.250. The van der Waals surface area contributed by atoms with Crippen molar-refractivity contribution in [3.8, 4) is 5.75 Å². The largest absolute Gasteiger partial charge is 0.374 e. The molecule has 0 atom stereocenters. The van der Waals surface area contributed by atoms with Crippen LogP contribution in [-0.2, 0) is 36.5 Å². The molecule has 0 unspecified atom stereocenters. The zero-order valence-electron chi connectivity index (χ0n) is 23.5. The number of aromatic nitrogens is 2. The Labute approximate surface area is 254 Å². The molecule has 1 fully saturated rings. The van der Waals surface area contributed by atoms with Crippen molar-refractivity contribution in [3.05, 3.63) is 83.4 Å². The predicted octanol–water partition coefficient (Wildman–Crippen LogP) is 3.11. The number of nitrogens with zero attached hydrogens (tertiary/aromatic N) is 3. The summed E-state index contributed by atoms with van der Waals surface area (Å²) in [5.74, 6) is -2.68. The summed E-state index contributed by atoms with van der Waals surface area (Å²) in [6.45, 7) is 1.41. The van der Waals surface area contributed by atoms with Crippen molar-refractivity contribution in [3.63, 3.8) is 0 Å². The summed E-state index contributed by atoms with van der Waals surface area (Å²) in [6, 6.07) is 11.8. The minimum atomic E-state index is -4.55. The van der Waals surface area contributed by atoms with Crippen LogP contribution in [0, 0.1) is 12.7 Å². The van der Waals surface area contributed by atoms with Gasteiger partial charge in [-0.05, 0) is 61.7 Å². The molecule has 0 saturated carbocycles. The topological polar surface area (TPSA) is 170 Å². The summed E-state index contributed by atoms with van der Waals surface area (Å²) in [5, 5.41) is 2.60. The average Bonchev–Trinajstić information content (AvgIpc) is 2.96. The van der Waals surface area contributed by atoms with Gasteiger partial charge >= 0.3 is 10.1 Å². The lowest BCUT2D eigenvalue weighted by molar-refractivity contribution is 0.0944. The molecule has 2 aromatic heterocycles. The van der Waals surface area contributed by atoms with Crippen molar-refractivity contribution in [2.24, 2.45) is 0 Å². The zero-order valence-corrected chi connectivity index (χ0v) is 26.0. The number of halogens is 1. The van der Waals surface area contributed by atoms with E-state index in [1.165, 1.54) is 36.5 Å². The Morgan fingerprint density at radius 3 is 2.48 bits per heavy atom. The van der Waals surface area contributed by atoms with Crippen molar-refractivity contribution < 1.29 is 38.6 Å². The van der Waals surface area contributed by atoms with Crippen LogP contribution in [0.2, 0.25) is 0 Å². The van der Waals surface area contributed by atoms with E-state index in [0.29, 0.717) is 12.8 Å². The van der Waals surface area contributed by atoms with E-state index < -0.39 is 59.7 Å². The van der Waals surface area contributed by atoms with Gasteiger partial charge in [-0.2, -0.15) is 8.42 Å². The highest BCUT2D eigenvalue weighted by Gasteiger charge is 2.33. The normalized spacial score (nSPS) is 15.2. The molecule has 4 aromatic rings. The summed E-state index contributed by atoms with van der Waals surface area (Å²) in [4.78, 5) is 21.7. The zero-order chi connectivity index (χ0) is 31.9. The number of nitrogens with one attached hydrogen (secondary N) is 1. The van der Waals surface area contributed by atoms with Gasteiger partial charge in [0.1, 0.15) is 16.2 Å². The first kappa shape index (κ1) is 31.3. The van der Waals surface area contributed by atoms with Crippen LogP contribution in [0.15, 0.2) is 70.6 Å². The lowest BCUT2D eigenvalue weighted by Crippen LogP contribution is -2.39. The Morgan fingerprint density at radius 1 is 1.07 bits per heavy atom. The number of sulfone groups is 1. The number of pyridine rings is 2. The quantitative estimate of drug-likeness (QED) is 0.277. The summed E-state index contributed by atoms with van der Waals surface area (Å²) >= 11 is 0. The number of carbonyl (C=O) groups excluding carboxylic acids is 1. The standard InChI is InChI=1S/C28H27FN4O8S3/c1-18-7-11-21(12-8-18)44(39,40)41-26-24-22(6-5-13-30-24)27(33-14-3-4-15-43(33,37)38)32-25(26)28(34)31-17-19-9-10-20(29)16-23(19)42(2,35)36/h5-13,16H,3-4,14-15,17H2,1-2H3,(H,31,34). The van der Waals surface area contributed by atoms with Crippen LogP contribution in [0.4, 0.5) is 10.2 Å². The summed E-state index contributed by atoms with van der Waals surface area (Å²) in [5.41, 5.74) is 0.0947. The SMILES string of the molecule is Cc1ccc(S(=O)(=O)Oc2c(C(=O)NCc3ccc(F)cc3S(C)(=O)=O)nc(N3CCCCS3(=O)=O)c3cccnc23)cc1. The third-order valence-corrected chi connectivity index (χ3v) is 11.1. The molecule has 5 rings (SSSR count). The molecule has 1 aliphatic heterocycles. The van der Waals surface area contributed by atoms with E-state index >= 15 is 0 Å². The minimum Gasteiger partial charge on any atom is -0.374 e. The Bertz CT molecular complexity index is 2100. The maximum atomic E-state index is 13.9. The number of hydrogen-bond acceptors (Lipinski definition) is 10. The van der Waals surface area contributed by atoms with Crippen molar-refractivity contribution in [2.75, 3.05) is 22.9 Å². The Kier molecular flexibility index (Phi) is 8.35. The average molecular weight is 663 g/mol. The van der Waals surface area contributed by atoms with Crippen LogP contribution in [-0.4, -0.2) is 59.7 Å². The number of carbonyl (C=O) groups is 1. The van der Waals surface area contributed by atoms with Gasteiger partial charge in [0.25, 0.3) is 5.91 Å². The van der Waals surface area contributed by atoms with Gasteiger partial charge in [-0.25, -0.2) is 26.2 Å². The van der Waals surface area contributed by atoms with E-state index in [1.54, 1.807) is 19.1 Å². The van der Waals surface area contributed by atoms with Gasteiger partial charge in [0.15, 0.2) is 21.3 Å². The van der Waals surface area contributed by atoms with Gasteiger partial charge in [-0.15, -0.1) is 0 Å². The second-order valence-corrected chi connectivity index (χ2v) is 15.7. The second-order valence-electron chi connectivity index (χ2n) is 10.2. The third-order valence-electron chi connectivity index (χ3n) is 6.87. The molecule has 16 heteroatoms. The van der Waals surface area contributed by atoms with Gasteiger partial charge in [0, 0.05) is 30.9 Å². The second kappa shape index (κ2) is 11.7. The highest BCUT2D eigenvalue weighted by atomic mass is 32.2. The van der Waals surface area contributed by atoms with Crippen LogP contribution < -0.4 is 13.8 Å². The van der Waals surface area contributed by atoms with Gasteiger partial charge in [-0.3, -0.25) is 14.1 Å². The minimum absolute atomic E-state index is 0.0507. The van der Waals surface area contributed by atoms with Crippen molar-refractivity contribution >= 4 is 52.6 Å². The molecule has 1 amide bonds. The van der Waals surface area contributed by atoms with Crippen molar-refractivity contribution in [1.82, 2.24) is 15.3 Å². The van der Waals surface area contributed by atoms with E-state index in [0.717, 1.165) is 28.3 Å². The molecular weight excluding hydrogens is 636 g/mol. The monoisotopic (exact) mass is 662 g/mol. The molecule has 2 aromatic carbocycles. The summed E-state index contributed by atoms with van der Waals surface area (Å²) in [7, 11) is -12.3. The van der Waals surface area contributed by atoms with E-state index in [-0.39, 0.29) is 44.4 Å². The molecular formula is C28H27FN4O8S3. The Hall–Kier alpha value is -4.15. The number of anilines is 1. The first-order valence-corrected chi connectivity index (χ1v) is 18.2. The van der Waals surface area contributed by atoms with Crippen molar-refractivity contribution in [2.45, 2.75) is 36.1 Å². The van der Waals surface area contributed by atoms with Crippen LogP contribution in [0.1, 0.15) is 34.5 Å². The fourth-order valence-electron chi connectivity index (χ4n) is 4.69. The van der Waals surface area contributed by atoms with Gasteiger partial charge < -0.3 is 9.50 Å². The molecule has 0 spiro atoms. The first-order chi connectivity index (χ1) is 20.7. The van der Waals surface area contributed by atoms with Crippen LogP contribution in [0.3, 0.4) is 0 Å². The number of aryl methyl sites for hydroxylation is 1. The van der Waals surface area contributed by atoms with Gasteiger partial charge in [-0.1, -0.05) is 23.8 Å². The Morgan fingerprint density at radius 2 is 1.80 bits per heavy atom. The highest BCUT2D eigenvalue weighted by Crippen LogP contribution is 2.37. The number of sulfonamides is 1. The number of hydrogen-bond donors (Lipinski definition) is 1. The lowest BCUT2D eigenvalue weighted by atomic mass is 10.1. The van der Waals surface area contributed by atoms with E-state index in [2.05, 4.69) is 15.3 Å². The number of fused-ring (bicyclic) bond motifs is 1. The van der Waals surface area contributed by atoms with E-state index in [9.17, 15) is 34.4 Å². The van der Waals surface area contributed by atoms with E-state index in [1.807, 2.05) is 0 Å². The van der Waals surface area contributed by atoms with Crippen LogP contribution >= 0.6 is 0 Å². The number of rotatable bonds is 8. The molecule has 1 N–H and O–H groups in total. The summed E-state index contributed by atoms with van der Waals surface area (Å²) < 4.78 is 97.8. The van der Waals surface area contributed by atoms with Gasteiger partial charge in [0.05, 0.1) is 10.6 Å². The molecule has 0 bridgehead atoms. The maximum Gasteiger partial charge on any atom is 0.339 e. The van der Waals surface area contributed by atoms with Crippen LogP contribution in [0.5, 0.6) is 5.75 Å². The smallest absolute Gasteiger partial charge is 0.339 e. The van der Waals surface area contributed by atoms with Crippen LogP contribution in [0.25, 0.3) is 10.9 Å². The lowest BCUT2D eigenvalue weighted by Gasteiger charge is -2.28. The molecule has 232 valence electrons. The van der Waals surface area contributed by atoms with Gasteiger partial charge in [0.2, 0.25) is 15.8 Å². The fourth-order valence-corrected chi connectivity index (χ4v) is 8.17. The molecule has 1 aliphatic rings. The number of benzene rings is 2. The molecule has 1 saturated heterocycles. The Balaban J connectivity index is 1.66. The molecule has 44 heavy (non-hydrogen) atoms. The first-order valence-electron chi connectivity index (χ1n) is 13.2. The van der Waals surface area contributed by atoms with E-state index in [4.69, 9.17) is 4.18 Å². The maximum absolute atomic E-state index is 13.9. The predicted molar refractivity (Wildman–Crippen MR) is 160 cm³/mol. The molecule has 0 aliphatic carbocycles.